The summed E-state index contributed by atoms with van der Waals surface area (Å²) < 4.78 is 16.6. The monoisotopic (exact) mass is 150 g/mol. The first-order valence-corrected chi connectivity index (χ1v) is 3.48. The van der Waals surface area contributed by atoms with Crippen molar-refractivity contribution in [3.8, 4) is 0 Å². The first-order chi connectivity index (χ1) is 4.16. The molecule has 0 spiro atoms. The number of methoxy groups -OCH3 is 1. The predicted octanol–water partition coefficient (Wildman–Crippen LogP) is -0.940. The van der Waals surface area contributed by atoms with Crippen molar-refractivity contribution in [1.82, 2.24) is 4.72 Å². The maximum absolute atomic E-state index is 10.4. The standard InChI is InChI=1S/C4H8NO3S/c1-8-3-4(6)5-9(2)7/h2-3H2,1H3,(H,5,6,7)/q-1. The lowest BCUT2D eigenvalue weighted by Crippen LogP contribution is -2.24. The Bertz CT molecular complexity index is 155. The maximum atomic E-state index is 10.4. The summed E-state index contributed by atoms with van der Waals surface area (Å²) in [5, 5.41) is 0. The normalized spacial score (nSPS) is 9.56. The topological polar surface area (TPSA) is 55.4 Å². The lowest BCUT2D eigenvalue weighted by molar-refractivity contribution is -0.122. The van der Waals surface area contributed by atoms with Gasteiger partial charge in [0, 0.05) is 7.11 Å². The molecule has 0 aromatic carbocycles. The molecular weight excluding hydrogens is 142 g/mol. The molecule has 0 aliphatic rings. The molecule has 0 rings (SSSR count). The molecule has 0 radical (unpaired) electrons. The molecule has 0 bridgehead atoms. The Balaban J connectivity index is 3.51. The molecule has 1 amide bonds. The lowest BCUT2D eigenvalue weighted by Gasteiger charge is -2.03. The molecule has 0 aromatic rings. The summed E-state index contributed by atoms with van der Waals surface area (Å²) >= 11 is 0. The Morgan fingerprint density at radius 2 is 2.44 bits per heavy atom. The zero-order valence-electron chi connectivity index (χ0n) is 5.05. The van der Waals surface area contributed by atoms with E-state index < -0.39 is 16.5 Å². The van der Waals surface area contributed by atoms with Gasteiger partial charge in [-0.25, -0.2) is 0 Å². The van der Waals surface area contributed by atoms with Gasteiger partial charge in [-0.15, -0.1) is 0 Å². The van der Waals surface area contributed by atoms with E-state index in [9.17, 15) is 9.00 Å². The molecule has 1 N–H and O–H groups in total. The number of nitrogens with one attached hydrogen (secondary N) is 1. The fraction of sp³-hybridized carbons (Fsp3) is 0.500. The highest BCUT2D eigenvalue weighted by Gasteiger charge is 1.89. The molecule has 0 aliphatic carbocycles. The number of carbonyl (C=O) groups is 1. The van der Waals surface area contributed by atoms with E-state index in [4.69, 9.17) is 0 Å². The van der Waals surface area contributed by atoms with Crippen LogP contribution in [0.5, 0.6) is 0 Å². The van der Waals surface area contributed by atoms with Crippen LogP contribution < -0.4 is 4.72 Å². The van der Waals surface area contributed by atoms with Gasteiger partial charge >= 0.3 is 0 Å². The average Bonchev–Trinajstić information content (AvgIpc) is 1.63. The SMILES string of the molecule is C=[S-](=O)NC(=O)COC. The van der Waals surface area contributed by atoms with Gasteiger partial charge in [0.15, 0.2) is 0 Å². The van der Waals surface area contributed by atoms with E-state index in [2.05, 4.69) is 10.6 Å². The number of rotatable bonds is 3. The number of ether oxygens (including phenoxy) is 1. The summed E-state index contributed by atoms with van der Waals surface area (Å²) in [4.78, 5) is 10.4. The van der Waals surface area contributed by atoms with Crippen LogP contribution in [-0.2, 0) is 24.3 Å². The Hall–Kier alpha value is -0.550. The van der Waals surface area contributed by atoms with Crippen LogP contribution in [0.1, 0.15) is 0 Å². The molecule has 0 fully saturated rings. The van der Waals surface area contributed by atoms with Crippen LogP contribution in [0.4, 0.5) is 0 Å². The minimum atomic E-state index is -1.53. The van der Waals surface area contributed by atoms with Crippen LogP contribution in [0.25, 0.3) is 0 Å². The molecule has 0 unspecified atom stereocenters. The van der Waals surface area contributed by atoms with E-state index in [1.165, 1.54) is 7.11 Å². The fourth-order valence-corrected chi connectivity index (χ4v) is 0.600. The van der Waals surface area contributed by atoms with Crippen LogP contribution in [-0.4, -0.2) is 25.5 Å². The lowest BCUT2D eigenvalue weighted by atomic mass is 10.7. The number of amides is 1. The van der Waals surface area contributed by atoms with Crippen molar-refractivity contribution in [3.05, 3.63) is 0 Å². The number of hydrogen-bond acceptors (Lipinski definition) is 4. The van der Waals surface area contributed by atoms with E-state index in [0.29, 0.717) is 0 Å². The van der Waals surface area contributed by atoms with Crippen molar-refractivity contribution in [1.29, 1.82) is 0 Å². The zero-order chi connectivity index (χ0) is 7.28. The van der Waals surface area contributed by atoms with E-state index in [1.807, 2.05) is 4.72 Å². The van der Waals surface area contributed by atoms with Crippen molar-refractivity contribution in [3.63, 3.8) is 0 Å². The molecule has 0 heterocycles. The van der Waals surface area contributed by atoms with Gasteiger partial charge in [-0.1, -0.05) is 0 Å². The molecule has 0 aromatic heterocycles. The highest BCUT2D eigenvalue weighted by atomic mass is 32.2. The van der Waals surface area contributed by atoms with E-state index in [-0.39, 0.29) is 6.61 Å². The summed E-state index contributed by atoms with van der Waals surface area (Å²) in [6, 6.07) is 0. The number of hydrogen-bond donors (Lipinski definition) is 1. The molecule has 0 atom stereocenters. The maximum Gasteiger partial charge on any atom is 0.229 e. The van der Waals surface area contributed by atoms with Crippen LogP contribution in [0, 0.1) is 0 Å². The molecule has 9 heavy (non-hydrogen) atoms. The molecule has 54 valence electrons. The molecule has 0 saturated carbocycles. The Labute approximate surface area is 55.4 Å². The van der Waals surface area contributed by atoms with Crippen molar-refractivity contribution in [2.75, 3.05) is 13.7 Å². The van der Waals surface area contributed by atoms with Crippen molar-refractivity contribution >= 4 is 22.4 Å². The minimum Gasteiger partial charge on any atom is -0.443 e. The molecular formula is C4H8NO3S-. The zero-order valence-corrected chi connectivity index (χ0v) is 5.86. The van der Waals surface area contributed by atoms with Crippen molar-refractivity contribution < 1.29 is 13.7 Å². The highest BCUT2D eigenvalue weighted by molar-refractivity contribution is 7.81. The third-order valence-corrected chi connectivity index (χ3v) is 0.958. The van der Waals surface area contributed by atoms with Gasteiger partial charge in [0.2, 0.25) is 5.91 Å². The Kier molecular flexibility index (Phi) is 4.08. The second kappa shape index (κ2) is 4.34. The van der Waals surface area contributed by atoms with Gasteiger partial charge in [-0.3, -0.25) is 4.79 Å². The molecule has 4 nitrogen and oxygen atoms in total. The van der Waals surface area contributed by atoms with E-state index in [0.717, 1.165) is 0 Å². The Morgan fingerprint density at radius 1 is 1.89 bits per heavy atom. The smallest absolute Gasteiger partial charge is 0.229 e. The van der Waals surface area contributed by atoms with Crippen molar-refractivity contribution in [2.45, 2.75) is 0 Å². The van der Waals surface area contributed by atoms with Crippen molar-refractivity contribution in [2.24, 2.45) is 0 Å². The first-order valence-electron chi connectivity index (χ1n) is 2.16. The van der Waals surface area contributed by atoms with Gasteiger partial charge in [0.1, 0.15) is 6.61 Å². The summed E-state index contributed by atoms with van der Waals surface area (Å²) in [6.07, 6.45) is 0. The van der Waals surface area contributed by atoms with E-state index in [1.54, 1.807) is 0 Å². The van der Waals surface area contributed by atoms with Crippen LogP contribution in [0.2, 0.25) is 0 Å². The van der Waals surface area contributed by atoms with E-state index >= 15 is 0 Å². The second-order valence-electron chi connectivity index (χ2n) is 1.30. The van der Waals surface area contributed by atoms with Gasteiger partial charge < -0.3 is 13.7 Å². The minimum absolute atomic E-state index is 0.0821. The van der Waals surface area contributed by atoms with Gasteiger partial charge in [-0.05, 0) is 0 Å². The molecule has 5 heteroatoms. The largest absolute Gasteiger partial charge is 0.443 e. The quantitative estimate of drug-likeness (QED) is 0.417. The summed E-state index contributed by atoms with van der Waals surface area (Å²) in [5.74, 6) is 2.62. The fourth-order valence-electron chi connectivity index (χ4n) is 0.288. The third kappa shape index (κ3) is 5.32. The van der Waals surface area contributed by atoms with Crippen LogP contribution >= 0.6 is 0 Å². The summed E-state index contributed by atoms with van der Waals surface area (Å²) in [7, 11) is -0.146. The molecule has 0 aliphatic heterocycles. The third-order valence-electron chi connectivity index (χ3n) is 0.503. The van der Waals surface area contributed by atoms with Gasteiger partial charge in [-0.2, -0.15) is 16.4 Å². The predicted molar refractivity (Wildman–Crippen MR) is 35.2 cm³/mol. The second-order valence-corrected chi connectivity index (χ2v) is 2.20. The summed E-state index contributed by atoms with van der Waals surface area (Å²) in [5.41, 5.74) is 0. The van der Waals surface area contributed by atoms with Crippen LogP contribution in [0.3, 0.4) is 0 Å². The Morgan fingerprint density at radius 3 is 2.78 bits per heavy atom. The number of carbonyl (C=O) groups excluding carboxylic acids is 1. The molecule has 0 saturated heterocycles. The first kappa shape index (κ1) is 8.45. The average molecular weight is 150 g/mol. The summed E-state index contributed by atoms with van der Waals surface area (Å²) in [6.45, 7) is -0.0821. The van der Waals surface area contributed by atoms with Gasteiger partial charge in [0.25, 0.3) is 0 Å². The van der Waals surface area contributed by atoms with Gasteiger partial charge in [0.05, 0.1) is 0 Å². The van der Waals surface area contributed by atoms with Crippen LogP contribution in [0.15, 0.2) is 0 Å². The highest BCUT2D eigenvalue weighted by Crippen LogP contribution is 1.66.